The Kier molecular flexibility index (Phi) is 5.27. The Labute approximate surface area is 170 Å². The Morgan fingerprint density at radius 2 is 1.69 bits per heavy atom. The molecular formula is C21H18F3N3OS. The van der Waals surface area contributed by atoms with Crippen molar-refractivity contribution in [1.82, 2.24) is 9.88 Å². The van der Waals surface area contributed by atoms with Gasteiger partial charge in [0.2, 0.25) is 0 Å². The lowest BCUT2D eigenvalue weighted by Gasteiger charge is -2.35. The van der Waals surface area contributed by atoms with Gasteiger partial charge in [-0.05, 0) is 29.1 Å². The monoisotopic (exact) mass is 417 g/mol. The minimum Gasteiger partial charge on any atom is -0.353 e. The third kappa shape index (κ3) is 4.12. The number of carbonyl (C=O) groups excluding carboxylic acids is 1. The molecule has 0 atom stereocenters. The Bertz CT molecular complexity index is 978. The molecule has 0 bridgehead atoms. The van der Waals surface area contributed by atoms with E-state index in [1.54, 1.807) is 4.90 Å². The van der Waals surface area contributed by atoms with Crippen LogP contribution in [0.15, 0.2) is 60.1 Å². The van der Waals surface area contributed by atoms with Crippen LogP contribution >= 0.6 is 11.3 Å². The minimum absolute atomic E-state index is 0.0149. The molecule has 4 nitrogen and oxygen atoms in total. The van der Waals surface area contributed by atoms with Crippen molar-refractivity contribution in [1.29, 1.82) is 0 Å². The van der Waals surface area contributed by atoms with E-state index in [1.807, 2.05) is 46.7 Å². The van der Waals surface area contributed by atoms with E-state index in [2.05, 4.69) is 4.98 Å². The molecule has 3 heterocycles. The van der Waals surface area contributed by atoms with Crippen LogP contribution in [0, 0.1) is 0 Å². The maximum atomic E-state index is 13.0. The molecule has 1 aliphatic heterocycles. The topological polar surface area (TPSA) is 36.4 Å². The van der Waals surface area contributed by atoms with E-state index >= 15 is 0 Å². The summed E-state index contributed by atoms with van der Waals surface area (Å²) in [7, 11) is 0. The summed E-state index contributed by atoms with van der Waals surface area (Å²) in [5, 5.41) is 1.91. The maximum absolute atomic E-state index is 13.0. The molecule has 3 aromatic rings. The van der Waals surface area contributed by atoms with E-state index < -0.39 is 11.7 Å². The predicted octanol–water partition coefficient (Wildman–Crippen LogP) is 4.79. The molecule has 8 heteroatoms. The molecule has 1 aliphatic rings. The predicted molar refractivity (Wildman–Crippen MR) is 107 cm³/mol. The highest BCUT2D eigenvalue weighted by Gasteiger charge is 2.31. The molecule has 0 N–H and O–H groups in total. The van der Waals surface area contributed by atoms with Crippen molar-refractivity contribution in [2.45, 2.75) is 6.18 Å². The number of aromatic nitrogens is 1. The van der Waals surface area contributed by atoms with Gasteiger partial charge in [0.15, 0.2) is 0 Å². The van der Waals surface area contributed by atoms with Gasteiger partial charge in [-0.1, -0.05) is 30.3 Å². The van der Waals surface area contributed by atoms with Crippen molar-refractivity contribution in [2.24, 2.45) is 0 Å². The third-order valence-electron chi connectivity index (χ3n) is 4.91. The van der Waals surface area contributed by atoms with Crippen molar-refractivity contribution < 1.29 is 18.0 Å². The van der Waals surface area contributed by atoms with Crippen LogP contribution in [0.3, 0.4) is 0 Å². The molecule has 2 aromatic heterocycles. The smallest absolute Gasteiger partial charge is 0.353 e. The van der Waals surface area contributed by atoms with Crippen LogP contribution in [0.25, 0.3) is 11.1 Å². The van der Waals surface area contributed by atoms with Crippen LogP contribution in [0.5, 0.6) is 0 Å². The van der Waals surface area contributed by atoms with Gasteiger partial charge in [-0.25, -0.2) is 4.98 Å². The van der Waals surface area contributed by atoms with Crippen LogP contribution in [0.2, 0.25) is 0 Å². The summed E-state index contributed by atoms with van der Waals surface area (Å²) in [5.74, 6) is 0.477. The minimum atomic E-state index is -4.40. The highest BCUT2D eigenvalue weighted by atomic mass is 32.1. The number of benzene rings is 1. The summed E-state index contributed by atoms with van der Waals surface area (Å²) in [5.41, 5.74) is 1.17. The quantitative estimate of drug-likeness (QED) is 0.615. The Hall–Kier alpha value is -2.87. The first kappa shape index (κ1) is 19.4. The Balaban J connectivity index is 1.43. The zero-order valence-electron chi connectivity index (χ0n) is 15.4. The summed E-state index contributed by atoms with van der Waals surface area (Å²) in [4.78, 5) is 21.4. The molecule has 1 fully saturated rings. The summed E-state index contributed by atoms with van der Waals surface area (Å²) < 4.78 is 38.1. The largest absolute Gasteiger partial charge is 0.417 e. The third-order valence-corrected chi connectivity index (χ3v) is 5.81. The average molecular weight is 417 g/mol. The van der Waals surface area contributed by atoms with Crippen molar-refractivity contribution in [2.75, 3.05) is 31.1 Å². The van der Waals surface area contributed by atoms with E-state index in [9.17, 15) is 18.0 Å². The highest BCUT2D eigenvalue weighted by molar-refractivity contribution is 7.12. The molecular weight excluding hydrogens is 399 g/mol. The van der Waals surface area contributed by atoms with E-state index in [0.717, 1.165) is 23.4 Å². The first-order chi connectivity index (χ1) is 13.9. The fraction of sp³-hybridized carbons (Fsp3) is 0.238. The molecule has 0 saturated carbocycles. The fourth-order valence-electron chi connectivity index (χ4n) is 3.34. The average Bonchev–Trinajstić information content (AvgIpc) is 3.23. The van der Waals surface area contributed by atoms with Crippen LogP contribution in [-0.4, -0.2) is 42.0 Å². The fourth-order valence-corrected chi connectivity index (χ4v) is 4.23. The van der Waals surface area contributed by atoms with Gasteiger partial charge in [0.25, 0.3) is 5.91 Å². The van der Waals surface area contributed by atoms with Crippen LogP contribution in [0.4, 0.5) is 19.0 Å². The normalized spacial score (nSPS) is 14.9. The zero-order valence-corrected chi connectivity index (χ0v) is 16.2. The van der Waals surface area contributed by atoms with Crippen LogP contribution in [-0.2, 0) is 6.18 Å². The molecule has 1 amide bonds. The Morgan fingerprint density at radius 3 is 2.31 bits per heavy atom. The van der Waals surface area contributed by atoms with Gasteiger partial charge in [-0.3, -0.25) is 4.79 Å². The van der Waals surface area contributed by atoms with Gasteiger partial charge in [0, 0.05) is 37.9 Å². The van der Waals surface area contributed by atoms with Gasteiger partial charge in [-0.2, -0.15) is 13.2 Å². The molecule has 0 aliphatic carbocycles. The number of thiophene rings is 1. The lowest BCUT2D eigenvalue weighted by molar-refractivity contribution is -0.137. The second-order valence-corrected chi connectivity index (χ2v) is 7.63. The first-order valence-corrected chi connectivity index (χ1v) is 10.0. The number of rotatable bonds is 3. The highest BCUT2D eigenvalue weighted by Crippen LogP contribution is 2.31. The number of piperazine rings is 1. The second-order valence-electron chi connectivity index (χ2n) is 6.71. The van der Waals surface area contributed by atoms with Crippen molar-refractivity contribution in [3.63, 3.8) is 0 Å². The number of anilines is 1. The molecule has 1 aromatic carbocycles. The van der Waals surface area contributed by atoms with Gasteiger partial charge in [0.05, 0.1) is 10.4 Å². The molecule has 4 rings (SSSR count). The molecule has 0 spiro atoms. The van der Waals surface area contributed by atoms with E-state index in [4.69, 9.17) is 0 Å². The summed E-state index contributed by atoms with van der Waals surface area (Å²) in [6, 6.07) is 14.2. The molecule has 150 valence electrons. The number of amides is 1. The maximum Gasteiger partial charge on any atom is 0.417 e. The number of halogens is 3. The summed E-state index contributed by atoms with van der Waals surface area (Å²) in [6.45, 7) is 2.04. The number of hydrogen-bond donors (Lipinski definition) is 0. The van der Waals surface area contributed by atoms with Crippen molar-refractivity contribution >= 4 is 23.1 Å². The standard InChI is InChI=1S/C21H18F3N3OS/c22-21(23,24)16-6-7-18(25-14-16)26-9-11-27(12-10-26)20(28)19-17(8-13-29-19)15-4-2-1-3-5-15/h1-8,13-14H,9-12H2. The van der Waals surface area contributed by atoms with E-state index in [1.165, 1.54) is 17.4 Å². The zero-order chi connectivity index (χ0) is 20.4. The van der Waals surface area contributed by atoms with Gasteiger partial charge < -0.3 is 9.80 Å². The lowest BCUT2D eigenvalue weighted by Crippen LogP contribution is -2.49. The summed E-state index contributed by atoms with van der Waals surface area (Å²) in [6.07, 6.45) is -3.54. The van der Waals surface area contributed by atoms with Gasteiger partial charge >= 0.3 is 6.18 Å². The van der Waals surface area contributed by atoms with Crippen molar-refractivity contribution in [3.05, 3.63) is 70.5 Å². The number of hydrogen-bond acceptors (Lipinski definition) is 4. The van der Waals surface area contributed by atoms with Crippen molar-refractivity contribution in [3.8, 4) is 11.1 Å². The Morgan fingerprint density at radius 1 is 0.966 bits per heavy atom. The number of pyridine rings is 1. The second kappa shape index (κ2) is 7.87. The van der Waals surface area contributed by atoms with Crippen LogP contribution in [0.1, 0.15) is 15.2 Å². The molecule has 29 heavy (non-hydrogen) atoms. The molecule has 1 saturated heterocycles. The SMILES string of the molecule is O=C(c1sccc1-c1ccccc1)N1CCN(c2ccc(C(F)(F)F)cn2)CC1. The molecule has 0 radical (unpaired) electrons. The van der Waals surface area contributed by atoms with E-state index in [0.29, 0.717) is 36.9 Å². The first-order valence-electron chi connectivity index (χ1n) is 9.14. The number of carbonyl (C=O) groups is 1. The lowest BCUT2D eigenvalue weighted by atomic mass is 10.1. The number of nitrogens with zero attached hydrogens (tertiary/aromatic N) is 3. The number of alkyl halides is 3. The molecule has 0 unspecified atom stereocenters. The van der Waals surface area contributed by atoms with E-state index in [-0.39, 0.29) is 5.91 Å². The van der Waals surface area contributed by atoms with Crippen LogP contribution < -0.4 is 4.90 Å². The summed E-state index contributed by atoms with van der Waals surface area (Å²) >= 11 is 1.42. The van der Waals surface area contributed by atoms with Gasteiger partial charge in [-0.15, -0.1) is 11.3 Å². The van der Waals surface area contributed by atoms with Gasteiger partial charge in [0.1, 0.15) is 5.82 Å².